The summed E-state index contributed by atoms with van der Waals surface area (Å²) in [5.41, 5.74) is 0.879. The molecule has 1 aromatic carbocycles. The van der Waals surface area contributed by atoms with Gasteiger partial charge in [-0.2, -0.15) is 0 Å². The Bertz CT molecular complexity index is 898. The van der Waals surface area contributed by atoms with E-state index in [-0.39, 0.29) is 24.0 Å². The molecule has 0 radical (unpaired) electrons. The fraction of sp³-hybridized carbons (Fsp3) is 0.588. The molecular weight excluding hydrogens is 515 g/mol. The van der Waals surface area contributed by atoms with E-state index < -0.39 is 25.4 Å². The number of hydrogen-bond donors (Lipinski definition) is 3. The van der Waals surface area contributed by atoms with Crippen LogP contribution in [0, 0.1) is 6.92 Å². The Morgan fingerprint density at radius 2 is 1.71 bits per heavy atom. The molecule has 0 amide bonds. The number of sulfone groups is 1. The first-order chi connectivity index (χ1) is 12.2. The van der Waals surface area contributed by atoms with Crippen LogP contribution < -0.4 is 15.4 Å². The lowest BCUT2D eigenvalue weighted by molar-refractivity contribution is 0.446. The second-order valence-corrected chi connectivity index (χ2v) is 10.9. The van der Waals surface area contributed by atoms with Crippen LogP contribution in [0.1, 0.15) is 31.9 Å². The SMILES string of the molecule is CCNC(=NCc1ccc(S(C)(=O)=O)c(C)c1)NCC(C)(C)NS(C)(=O)=O.I. The molecule has 1 rings (SSSR count). The maximum Gasteiger partial charge on any atom is 0.209 e. The molecule has 0 saturated carbocycles. The predicted molar refractivity (Wildman–Crippen MR) is 125 cm³/mol. The Labute approximate surface area is 186 Å². The number of sulfonamides is 1. The minimum Gasteiger partial charge on any atom is -0.357 e. The molecule has 28 heavy (non-hydrogen) atoms. The first kappa shape index (κ1) is 27.1. The summed E-state index contributed by atoms with van der Waals surface area (Å²) >= 11 is 0. The zero-order valence-corrected chi connectivity index (χ0v) is 21.1. The van der Waals surface area contributed by atoms with Crippen LogP contribution in [0.3, 0.4) is 0 Å². The largest absolute Gasteiger partial charge is 0.357 e. The van der Waals surface area contributed by atoms with Gasteiger partial charge in [-0.15, -0.1) is 24.0 Å². The molecule has 162 valence electrons. The van der Waals surface area contributed by atoms with Crippen molar-refractivity contribution in [2.75, 3.05) is 25.6 Å². The highest BCUT2D eigenvalue weighted by atomic mass is 127. The second kappa shape index (κ2) is 10.7. The van der Waals surface area contributed by atoms with E-state index in [1.165, 1.54) is 6.26 Å². The van der Waals surface area contributed by atoms with Crippen molar-refractivity contribution in [3.8, 4) is 0 Å². The van der Waals surface area contributed by atoms with E-state index in [2.05, 4.69) is 20.3 Å². The Morgan fingerprint density at radius 3 is 2.18 bits per heavy atom. The van der Waals surface area contributed by atoms with Crippen molar-refractivity contribution in [3.63, 3.8) is 0 Å². The van der Waals surface area contributed by atoms with Gasteiger partial charge < -0.3 is 10.6 Å². The summed E-state index contributed by atoms with van der Waals surface area (Å²) in [7, 11) is -6.56. The standard InChI is InChI=1S/C17H30N4O4S2.HI/c1-7-18-16(20-12-17(3,4)21-27(6,24)25)19-11-14-8-9-15(13(2)10-14)26(5,22)23;/h8-10,21H,7,11-12H2,1-6H3,(H2,18,19,20);1H. The number of halogens is 1. The molecule has 8 nitrogen and oxygen atoms in total. The summed E-state index contributed by atoms with van der Waals surface area (Å²) in [6.45, 7) is 8.60. The third kappa shape index (κ3) is 10.0. The average Bonchev–Trinajstić information content (AvgIpc) is 2.46. The minimum absolute atomic E-state index is 0. The number of benzene rings is 1. The molecule has 0 spiro atoms. The van der Waals surface area contributed by atoms with Crippen molar-refractivity contribution < 1.29 is 16.8 Å². The average molecular weight is 546 g/mol. The van der Waals surface area contributed by atoms with Crippen LogP contribution in [0.5, 0.6) is 0 Å². The normalized spacial score (nSPS) is 13.0. The van der Waals surface area contributed by atoms with Crippen molar-refractivity contribution in [1.29, 1.82) is 0 Å². The highest BCUT2D eigenvalue weighted by Crippen LogP contribution is 2.17. The Balaban J connectivity index is 0.00000729. The summed E-state index contributed by atoms with van der Waals surface area (Å²) in [5, 5.41) is 6.22. The van der Waals surface area contributed by atoms with Gasteiger partial charge in [0.05, 0.1) is 17.7 Å². The van der Waals surface area contributed by atoms with E-state index in [1.54, 1.807) is 39.0 Å². The summed E-state index contributed by atoms with van der Waals surface area (Å²) < 4.78 is 48.8. The van der Waals surface area contributed by atoms with Crippen molar-refractivity contribution >= 4 is 49.8 Å². The first-order valence-corrected chi connectivity index (χ1v) is 12.3. The van der Waals surface area contributed by atoms with Crippen LogP contribution in [0.4, 0.5) is 0 Å². The summed E-state index contributed by atoms with van der Waals surface area (Å²) in [5.74, 6) is 0.547. The lowest BCUT2D eigenvalue weighted by Crippen LogP contribution is -2.53. The van der Waals surface area contributed by atoms with Gasteiger partial charge in [-0.05, 0) is 44.9 Å². The van der Waals surface area contributed by atoms with Gasteiger partial charge in [0, 0.05) is 24.9 Å². The topological polar surface area (TPSA) is 117 Å². The van der Waals surface area contributed by atoms with Gasteiger partial charge in [0.2, 0.25) is 10.0 Å². The molecule has 3 N–H and O–H groups in total. The van der Waals surface area contributed by atoms with Crippen molar-refractivity contribution in [1.82, 2.24) is 15.4 Å². The third-order valence-electron chi connectivity index (χ3n) is 3.56. The monoisotopic (exact) mass is 546 g/mol. The molecule has 0 saturated heterocycles. The molecule has 0 aromatic heterocycles. The van der Waals surface area contributed by atoms with Gasteiger partial charge in [-0.3, -0.25) is 0 Å². The fourth-order valence-corrected chi connectivity index (χ4v) is 4.62. The lowest BCUT2D eigenvalue weighted by Gasteiger charge is -2.26. The van der Waals surface area contributed by atoms with E-state index in [0.29, 0.717) is 36.1 Å². The van der Waals surface area contributed by atoms with Gasteiger partial charge >= 0.3 is 0 Å². The third-order valence-corrected chi connectivity index (χ3v) is 5.74. The summed E-state index contributed by atoms with van der Waals surface area (Å²) in [4.78, 5) is 4.80. The van der Waals surface area contributed by atoms with Crippen LogP contribution in [0.25, 0.3) is 0 Å². The molecule has 0 fully saturated rings. The van der Waals surface area contributed by atoms with Gasteiger partial charge in [0.15, 0.2) is 15.8 Å². The van der Waals surface area contributed by atoms with Crippen LogP contribution in [-0.4, -0.2) is 53.9 Å². The number of rotatable bonds is 8. The maximum absolute atomic E-state index is 11.7. The molecule has 0 heterocycles. The first-order valence-electron chi connectivity index (χ1n) is 8.54. The molecule has 0 aliphatic rings. The highest BCUT2D eigenvalue weighted by Gasteiger charge is 2.22. The van der Waals surface area contributed by atoms with Crippen LogP contribution in [0.2, 0.25) is 0 Å². The molecule has 0 unspecified atom stereocenters. The quantitative estimate of drug-likeness (QED) is 0.258. The van der Waals surface area contributed by atoms with E-state index in [1.807, 2.05) is 6.92 Å². The van der Waals surface area contributed by atoms with Gasteiger partial charge in [-0.1, -0.05) is 12.1 Å². The van der Waals surface area contributed by atoms with Gasteiger partial charge in [0.25, 0.3) is 0 Å². The van der Waals surface area contributed by atoms with Crippen molar-refractivity contribution in [3.05, 3.63) is 29.3 Å². The predicted octanol–water partition coefficient (Wildman–Crippen LogP) is 1.40. The molecular formula is C17H31IN4O4S2. The van der Waals surface area contributed by atoms with E-state index in [9.17, 15) is 16.8 Å². The van der Waals surface area contributed by atoms with E-state index in [0.717, 1.165) is 11.8 Å². The number of hydrogen-bond acceptors (Lipinski definition) is 5. The number of aryl methyl sites for hydroxylation is 1. The number of nitrogens with one attached hydrogen (secondary N) is 3. The summed E-state index contributed by atoms with van der Waals surface area (Å²) in [6.07, 6.45) is 2.31. The Hall–Kier alpha value is -0.920. The van der Waals surface area contributed by atoms with Gasteiger partial charge in [-0.25, -0.2) is 26.6 Å². The van der Waals surface area contributed by atoms with Crippen LogP contribution in [0.15, 0.2) is 28.1 Å². The Morgan fingerprint density at radius 1 is 1.11 bits per heavy atom. The lowest BCUT2D eigenvalue weighted by atomic mass is 10.1. The highest BCUT2D eigenvalue weighted by molar-refractivity contribution is 14.0. The molecule has 1 aromatic rings. The van der Waals surface area contributed by atoms with Crippen LogP contribution in [-0.2, 0) is 26.4 Å². The zero-order chi connectivity index (χ0) is 20.9. The number of nitrogens with zero attached hydrogens (tertiary/aromatic N) is 1. The molecule has 0 atom stereocenters. The fourth-order valence-electron chi connectivity index (χ4n) is 2.58. The molecule has 0 aliphatic carbocycles. The summed E-state index contributed by atoms with van der Waals surface area (Å²) in [6, 6.07) is 5.14. The number of guanidine groups is 1. The number of aliphatic imine (C=N–C) groups is 1. The molecule has 11 heteroatoms. The second-order valence-electron chi connectivity index (χ2n) is 7.18. The van der Waals surface area contributed by atoms with Crippen molar-refractivity contribution in [2.24, 2.45) is 4.99 Å². The maximum atomic E-state index is 11.7. The van der Waals surface area contributed by atoms with Crippen LogP contribution >= 0.6 is 24.0 Å². The molecule has 0 bridgehead atoms. The zero-order valence-electron chi connectivity index (χ0n) is 17.2. The minimum atomic E-state index is -3.32. The van der Waals surface area contributed by atoms with Gasteiger partial charge in [0.1, 0.15) is 0 Å². The van der Waals surface area contributed by atoms with E-state index >= 15 is 0 Å². The molecule has 0 aliphatic heterocycles. The Kier molecular flexibility index (Phi) is 10.4. The van der Waals surface area contributed by atoms with E-state index in [4.69, 9.17) is 0 Å². The smallest absolute Gasteiger partial charge is 0.209 e. The van der Waals surface area contributed by atoms with Crippen molar-refractivity contribution in [2.45, 2.75) is 44.7 Å².